The molecule has 0 fully saturated rings. The topological polar surface area (TPSA) is 69.4 Å². The summed E-state index contributed by atoms with van der Waals surface area (Å²) < 4.78 is 17.6. The van der Waals surface area contributed by atoms with Crippen LogP contribution in [0.25, 0.3) is 0 Å². The third-order valence-electron chi connectivity index (χ3n) is 2.49. The van der Waals surface area contributed by atoms with E-state index in [4.69, 9.17) is 10.5 Å². The summed E-state index contributed by atoms with van der Waals surface area (Å²) in [6.45, 7) is -0.646. The van der Waals surface area contributed by atoms with Gasteiger partial charge >= 0.3 is 5.97 Å². The molecule has 0 atom stereocenters. The number of carbonyl (C=O) groups is 2. The zero-order chi connectivity index (χ0) is 13.4. The van der Waals surface area contributed by atoms with Crippen LogP contribution in [0.3, 0.4) is 0 Å². The Labute approximate surface area is 117 Å². The Hall–Kier alpha value is -1.46. The highest BCUT2D eigenvalue weighted by atomic mass is 35.5. The van der Waals surface area contributed by atoms with Gasteiger partial charge in [0.1, 0.15) is 19.1 Å². The minimum absolute atomic E-state index is 0. The van der Waals surface area contributed by atoms with Crippen LogP contribution in [0.2, 0.25) is 0 Å². The van der Waals surface area contributed by atoms with Crippen molar-refractivity contribution >= 4 is 24.2 Å². The Morgan fingerprint density at radius 1 is 1.16 bits per heavy atom. The molecule has 0 aliphatic heterocycles. The molecule has 19 heavy (non-hydrogen) atoms. The highest BCUT2D eigenvalue weighted by molar-refractivity contribution is 5.85. The summed E-state index contributed by atoms with van der Waals surface area (Å²) in [4.78, 5) is 22.2. The number of ketones is 1. The minimum atomic E-state index is -0.598. The lowest BCUT2D eigenvalue weighted by Gasteiger charge is -2.07. The number of rotatable bonds is 7. The lowest BCUT2D eigenvalue weighted by molar-refractivity contribution is -0.146. The molecule has 0 saturated carbocycles. The molecule has 4 nitrogen and oxygen atoms in total. The first-order valence-electron chi connectivity index (χ1n) is 5.67. The fourth-order valence-corrected chi connectivity index (χ4v) is 1.40. The van der Waals surface area contributed by atoms with Crippen LogP contribution >= 0.6 is 12.4 Å². The van der Waals surface area contributed by atoms with Gasteiger partial charge in [0.2, 0.25) is 0 Å². The first kappa shape index (κ1) is 17.5. The normalized spacial score (nSPS) is 9.58. The van der Waals surface area contributed by atoms with E-state index in [9.17, 15) is 14.0 Å². The van der Waals surface area contributed by atoms with Gasteiger partial charge in [0, 0.05) is 6.42 Å². The predicted octanol–water partition coefficient (Wildman–Crippen LogP) is 1.93. The molecule has 0 amide bonds. The maximum Gasteiger partial charge on any atom is 0.306 e. The van der Waals surface area contributed by atoms with Crippen LogP contribution in [0.4, 0.5) is 4.39 Å². The molecule has 0 heterocycles. The van der Waals surface area contributed by atoms with Crippen molar-refractivity contribution in [2.75, 3.05) is 6.54 Å². The standard InChI is InChI=1S/C13H16FNO3.ClH/c14-7-10-3-1-2-4-11(10)9-18-13(17)6-5-12(16)8-15;/h1-4H,5-9,15H2;1H. The van der Waals surface area contributed by atoms with Crippen molar-refractivity contribution in [2.45, 2.75) is 26.1 Å². The maximum absolute atomic E-state index is 12.6. The third-order valence-corrected chi connectivity index (χ3v) is 2.49. The van der Waals surface area contributed by atoms with Gasteiger partial charge in [-0.1, -0.05) is 24.3 Å². The van der Waals surface area contributed by atoms with Crippen molar-refractivity contribution in [2.24, 2.45) is 5.73 Å². The lowest BCUT2D eigenvalue weighted by Crippen LogP contribution is -2.15. The second-order valence-electron chi connectivity index (χ2n) is 3.81. The summed E-state index contributed by atoms with van der Waals surface area (Å²) in [5.74, 6) is -0.665. The number of carbonyl (C=O) groups excluding carboxylic acids is 2. The zero-order valence-corrected chi connectivity index (χ0v) is 11.2. The molecule has 0 spiro atoms. The Bertz CT molecular complexity index is 426. The molecule has 6 heteroatoms. The first-order valence-corrected chi connectivity index (χ1v) is 5.67. The van der Waals surface area contributed by atoms with E-state index < -0.39 is 12.6 Å². The third kappa shape index (κ3) is 6.31. The number of alkyl halides is 1. The van der Waals surface area contributed by atoms with Gasteiger partial charge in [-0.25, -0.2) is 4.39 Å². The number of nitrogens with two attached hydrogens (primary N) is 1. The van der Waals surface area contributed by atoms with Crippen LogP contribution in [0.15, 0.2) is 24.3 Å². The molecule has 0 aliphatic carbocycles. The molecular weight excluding hydrogens is 273 g/mol. The molecule has 0 unspecified atom stereocenters. The zero-order valence-electron chi connectivity index (χ0n) is 10.4. The van der Waals surface area contributed by atoms with Crippen molar-refractivity contribution in [3.8, 4) is 0 Å². The van der Waals surface area contributed by atoms with E-state index in [1.807, 2.05) is 0 Å². The smallest absolute Gasteiger partial charge is 0.306 e. The molecule has 0 aliphatic rings. The van der Waals surface area contributed by atoms with Gasteiger partial charge in [-0.05, 0) is 11.1 Å². The van der Waals surface area contributed by atoms with Crippen LogP contribution in [-0.4, -0.2) is 18.3 Å². The number of hydrogen-bond donors (Lipinski definition) is 1. The van der Waals surface area contributed by atoms with Crippen LogP contribution in [0.5, 0.6) is 0 Å². The van der Waals surface area contributed by atoms with Crippen molar-refractivity contribution in [1.29, 1.82) is 0 Å². The van der Waals surface area contributed by atoms with Crippen molar-refractivity contribution in [3.63, 3.8) is 0 Å². The number of esters is 1. The number of ether oxygens (including phenoxy) is 1. The van der Waals surface area contributed by atoms with Crippen LogP contribution in [0.1, 0.15) is 24.0 Å². The van der Waals surface area contributed by atoms with Gasteiger partial charge in [0.25, 0.3) is 0 Å². The molecule has 0 aromatic heterocycles. The highest BCUT2D eigenvalue weighted by Crippen LogP contribution is 2.11. The van der Waals surface area contributed by atoms with Gasteiger partial charge in [-0.3, -0.25) is 9.59 Å². The van der Waals surface area contributed by atoms with Crippen molar-refractivity contribution in [1.82, 2.24) is 0 Å². The molecule has 0 bridgehead atoms. The fraction of sp³-hybridized carbons (Fsp3) is 0.385. The second-order valence-corrected chi connectivity index (χ2v) is 3.81. The summed E-state index contributed by atoms with van der Waals surface area (Å²) in [5.41, 5.74) is 6.26. The van der Waals surface area contributed by atoms with Crippen molar-refractivity contribution in [3.05, 3.63) is 35.4 Å². The maximum atomic E-state index is 12.6. The molecule has 0 radical (unpaired) electrons. The van der Waals surface area contributed by atoms with Crippen LogP contribution in [-0.2, 0) is 27.6 Å². The van der Waals surface area contributed by atoms with Crippen LogP contribution in [0, 0.1) is 0 Å². The molecule has 1 rings (SSSR count). The first-order chi connectivity index (χ1) is 8.67. The highest BCUT2D eigenvalue weighted by Gasteiger charge is 2.08. The number of benzene rings is 1. The fourth-order valence-electron chi connectivity index (χ4n) is 1.40. The summed E-state index contributed by atoms with van der Waals surface area (Å²) >= 11 is 0. The molecular formula is C13H17ClFNO3. The van der Waals surface area contributed by atoms with Gasteiger partial charge in [-0.15, -0.1) is 12.4 Å². The molecule has 2 N–H and O–H groups in total. The second kappa shape index (κ2) is 9.47. The molecule has 0 saturated heterocycles. The Morgan fingerprint density at radius 3 is 2.37 bits per heavy atom. The predicted molar refractivity (Wildman–Crippen MR) is 71.6 cm³/mol. The van der Waals surface area contributed by atoms with E-state index in [1.165, 1.54) is 0 Å². The quantitative estimate of drug-likeness (QED) is 0.779. The largest absolute Gasteiger partial charge is 0.461 e. The van der Waals surface area contributed by atoms with Gasteiger partial charge < -0.3 is 10.5 Å². The Balaban J connectivity index is 0.00000324. The van der Waals surface area contributed by atoms with Crippen LogP contribution < -0.4 is 5.73 Å². The SMILES string of the molecule is Cl.NCC(=O)CCC(=O)OCc1ccccc1CF. The molecule has 1 aromatic rings. The molecule has 1 aromatic carbocycles. The summed E-state index contributed by atoms with van der Waals surface area (Å²) in [7, 11) is 0. The minimum Gasteiger partial charge on any atom is -0.461 e. The van der Waals surface area contributed by atoms with E-state index in [2.05, 4.69) is 0 Å². The monoisotopic (exact) mass is 289 g/mol. The Morgan fingerprint density at radius 2 is 1.79 bits per heavy atom. The number of hydrogen-bond acceptors (Lipinski definition) is 4. The van der Waals surface area contributed by atoms with Gasteiger partial charge in [0.15, 0.2) is 0 Å². The summed E-state index contributed by atoms with van der Waals surface area (Å²) in [6.07, 6.45) is 0.0912. The number of halogens is 2. The Kier molecular flexibility index (Phi) is 8.74. The van der Waals surface area contributed by atoms with Gasteiger partial charge in [0.05, 0.1) is 13.0 Å². The van der Waals surface area contributed by atoms with E-state index in [0.29, 0.717) is 11.1 Å². The van der Waals surface area contributed by atoms with E-state index in [0.717, 1.165) is 0 Å². The molecule has 106 valence electrons. The summed E-state index contributed by atoms with van der Waals surface area (Å²) in [6, 6.07) is 6.81. The van der Waals surface area contributed by atoms with Crippen molar-refractivity contribution < 1.29 is 18.7 Å². The van der Waals surface area contributed by atoms with Gasteiger partial charge in [-0.2, -0.15) is 0 Å². The summed E-state index contributed by atoms with van der Waals surface area (Å²) in [5, 5.41) is 0. The van der Waals surface area contributed by atoms with E-state index >= 15 is 0 Å². The van der Waals surface area contributed by atoms with E-state index in [-0.39, 0.29) is 44.2 Å². The average Bonchev–Trinajstić information content (AvgIpc) is 2.42. The lowest BCUT2D eigenvalue weighted by atomic mass is 10.1. The average molecular weight is 290 g/mol. The van der Waals surface area contributed by atoms with E-state index in [1.54, 1.807) is 24.3 Å². The number of Topliss-reactive ketones (excluding diaryl/α,β-unsaturated/α-hetero) is 1.